The van der Waals surface area contributed by atoms with Crippen molar-refractivity contribution in [2.24, 2.45) is 22.5 Å². The standard InChI is InChI=1S/C13H26N2O/c1-12(2,8-14)7-13(9-16-10-13)11-4-5-15(3)6-11/h11H,4-10,14H2,1-3H3. The van der Waals surface area contributed by atoms with Crippen LogP contribution in [-0.2, 0) is 4.74 Å². The average molecular weight is 226 g/mol. The summed E-state index contributed by atoms with van der Waals surface area (Å²) in [6, 6.07) is 0. The minimum absolute atomic E-state index is 0.255. The van der Waals surface area contributed by atoms with E-state index in [9.17, 15) is 0 Å². The lowest BCUT2D eigenvalue weighted by atomic mass is 9.64. The second-order valence-electron chi connectivity index (χ2n) is 6.65. The van der Waals surface area contributed by atoms with Crippen molar-refractivity contribution in [2.75, 3.05) is 39.9 Å². The van der Waals surface area contributed by atoms with Gasteiger partial charge in [-0.1, -0.05) is 13.8 Å². The minimum Gasteiger partial charge on any atom is -0.380 e. The molecule has 2 saturated heterocycles. The van der Waals surface area contributed by atoms with Gasteiger partial charge in [0.15, 0.2) is 0 Å². The zero-order valence-electron chi connectivity index (χ0n) is 11.0. The molecular formula is C13H26N2O. The molecule has 0 saturated carbocycles. The predicted octanol–water partition coefficient (Wildman–Crippen LogP) is 1.33. The fourth-order valence-corrected chi connectivity index (χ4v) is 3.31. The highest BCUT2D eigenvalue weighted by Crippen LogP contribution is 2.47. The molecule has 3 heteroatoms. The van der Waals surface area contributed by atoms with Gasteiger partial charge < -0.3 is 15.4 Å². The Labute approximate surface area is 99.3 Å². The van der Waals surface area contributed by atoms with Crippen LogP contribution in [0.15, 0.2) is 0 Å². The van der Waals surface area contributed by atoms with Gasteiger partial charge in [0, 0.05) is 12.0 Å². The molecule has 1 atom stereocenters. The van der Waals surface area contributed by atoms with E-state index in [1.165, 1.54) is 25.9 Å². The summed E-state index contributed by atoms with van der Waals surface area (Å²) in [5.74, 6) is 0.817. The Kier molecular flexibility index (Phi) is 3.30. The number of rotatable bonds is 4. The van der Waals surface area contributed by atoms with Crippen LogP contribution >= 0.6 is 0 Å². The molecule has 0 amide bonds. The Morgan fingerprint density at radius 3 is 2.50 bits per heavy atom. The predicted molar refractivity (Wildman–Crippen MR) is 66.3 cm³/mol. The average Bonchev–Trinajstić information content (AvgIpc) is 2.59. The Balaban J connectivity index is 2.02. The summed E-state index contributed by atoms with van der Waals surface area (Å²) < 4.78 is 5.52. The number of hydrogen-bond acceptors (Lipinski definition) is 3. The molecule has 0 spiro atoms. The summed E-state index contributed by atoms with van der Waals surface area (Å²) in [5, 5.41) is 0. The second-order valence-corrected chi connectivity index (χ2v) is 6.65. The molecule has 0 aromatic heterocycles. The first-order chi connectivity index (χ1) is 7.47. The van der Waals surface area contributed by atoms with E-state index in [-0.39, 0.29) is 5.41 Å². The van der Waals surface area contributed by atoms with Gasteiger partial charge in [0.05, 0.1) is 13.2 Å². The maximum Gasteiger partial charge on any atom is 0.0548 e. The van der Waals surface area contributed by atoms with Crippen LogP contribution in [0.4, 0.5) is 0 Å². The van der Waals surface area contributed by atoms with Crippen molar-refractivity contribution in [2.45, 2.75) is 26.7 Å². The molecule has 2 N–H and O–H groups in total. The second kappa shape index (κ2) is 4.28. The number of likely N-dealkylation sites (tertiary alicyclic amines) is 1. The van der Waals surface area contributed by atoms with Crippen LogP contribution in [0.5, 0.6) is 0 Å². The van der Waals surface area contributed by atoms with E-state index in [2.05, 4.69) is 25.8 Å². The molecule has 2 aliphatic heterocycles. The lowest BCUT2D eigenvalue weighted by Gasteiger charge is -2.49. The quantitative estimate of drug-likeness (QED) is 0.786. The number of nitrogens with two attached hydrogens (primary N) is 1. The number of hydrogen-bond donors (Lipinski definition) is 1. The van der Waals surface area contributed by atoms with Crippen molar-refractivity contribution in [1.29, 1.82) is 0 Å². The van der Waals surface area contributed by atoms with Crippen molar-refractivity contribution < 1.29 is 4.74 Å². The lowest BCUT2D eigenvalue weighted by Crippen LogP contribution is -2.52. The highest BCUT2D eigenvalue weighted by atomic mass is 16.5. The minimum atomic E-state index is 0.255. The van der Waals surface area contributed by atoms with Crippen LogP contribution in [-0.4, -0.2) is 44.8 Å². The normalized spacial score (nSPS) is 30.4. The number of ether oxygens (including phenoxy) is 1. The van der Waals surface area contributed by atoms with E-state index in [4.69, 9.17) is 10.5 Å². The SMILES string of the molecule is CN1CCC(C2(CC(C)(C)CN)COC2)C1. The molecule has 0 radical (unpaired) electrons. The molecule has 0 bridgehead atoms. The summed E-state index contributed by atoms with van der Waals surface area (Å²) in [5.41, 5.74) is 6.55. The third-order valence-electron chi connectivity index (χ3n) is 4.42. The Hall–Kier alpha value is -0.120. The lowest BCUT2D eigenvalue weighted by molar-refractivity contribution is -0.161. The summed E-state index contributed by atoms with van der Waals surface area (Å²) in [7, 11) is 2.22. The largest absolute Gasteiger partial charge is 0.380 e. The molecule has 0 aromatic carbocycles. The van der Waals surface area contributed by atoms with Gasteiger partial charge in [0.25, 0.3) is 0 Å². The molecule has 1 unspecified atom stereocenters. The topological polar surface area (TPSA) is 38.5 Å². The van der Waals surface area contributed by atoms with Crippen molar-refractivity contribution in [1.82, 2.24) is 4.90 Å². The van der Waals surface area contributed by atoms with Crippen LogP contribution in [0, 0.1) is 16.7 Å². The molecule has 2 fully saturated rings. The highest BCUT2D eigenvalue weighted by molar-refractivity contribution is 4.98. The van der Waals surface area contributed by atoms with E-state index in [1.807, 2.05) is 0 Å². The first kappa shape index (κ1) is 12.3. The van der Waals surface area contributed by atoms with E-state index in [0.717, 1.165) is 25.7 Å². The van der Waals surface area contributed by atoms with E-state index < -0.39 is 0 Å². The smallest absolute Gasteiger partial charge is 0.0548 e. The molecule has 2 heterocycles. The maximum absolute atomic E-state index is 5.87. The molecule has 94 valence electrons. The molecule has 16 heavy (non-hydrogen) atoms. The van der Waals surface area contributed by atoms with Crippen molar-refractivity contribution in [3.05, 3.63) is 0 Å². The van der Waals surface area contributed by atoms with Crippen LogP contribution in [0.2, 0.25) is 0 Å². The van der Waals surface area contributed by atoms with Crippen molar-refractivity contribution in [3.63, 3.8) is 0 Å². The van der Waals surface area contributed by atoms with E-state index >= 15 is 0 Å². The van der Waals surface area contributed by atoms with Gasteiger partial charge in [-0.05, 0) is 44.3 Å². The van der Waals surface area contributed by atoms with Gasteiger partial charge in [-0.15, -0.1) is 0 Å². The molecule has 0 aliphatic carbocycles. The zero-order valence-corrected chi connectivity index (χ0v) is 11.0. The maximum atomic E-state index is 5.87. The van der Waals surface area contributed by atoms with Gasteiger partial charge in [0.1, 0.15) is 0 Å². The van der Waals surface area contributed by atoms with Gasteiger partial charge in [-0.3, -0.25) is 0 Å². The third-order valence-corrected chi connectivity index (χ3v) is 4.42. The first-order valence-corrected chi connectivity index (χ1v) is 6.44. The van der Waals surface area contributed by atoms with Crippen LogP contribution in [0.3, 0.4) is 0 Å². The summed E-state index contributed by atoms with van der Waals surface area (Å²) >= 11 is 0. The van der Waals surface area contributed by atoms with Crippen LogP contribution in [0.25, 0.3) is 0 Å². The van der Waals surface area contributed by atoms with Crippen LogP contribution in [0.1, 0.15) is 26.7 Å². The Morgan fingerprint density at radius 1 is 1.44 bits per heavy atom. The number of nitrogens with zero attached hydrogens (tertiary/aromatic N) is 1. The highest BCUT2D eigenvalue weighted by Gasteiger charge is 2.49. The van der Waals surface area contributed by atoms with Crippen LogP contribution < -0.4 is 5.73 Å². The van der Waals surface area contributed by atoms with Crippen molar-refractivity contribution in [3.8, 4) is 0 Å². The summed E-state index contributed by atoms with van der Waals surface area (Å²) in [6.45, 7) is 9.73. The monoisotopic (exact) mass is 226 g/mol. The molecule has 2 aliphatic rings. The summed E-state index contributed by atoms with van der Waals surface area (Å²) in [6.07, 6.45) is 2.55. The van der Waals surface area contributed by atoms with E-state index in [1.54, 1.807) is 0 Å². The Bertz CT molecular complexity index is 248. The first-order valence-electron chi connectivity index (χ1n) is 6.44. The van der Waals surface area contributed by atoms with Gasteiger partial charge in [-0.25, -0.2) is 0 Å². The fraction of sp³-hybridized carbons (Fsp3) is 1.00. The molecular weight excluding hydrogens is 200 g/mol. The molecule has 2 rings (SSSR count). The van der Waals surface area contributed by atoms with Gasteiger partial charge >= 0.3 is 0 Å². The molecule has 3 nitrogen and oxygen atoms in total. The van der Waals surface area contributed by atoms with Gasteiger partial charge in [0.2, 0.25) is 0 Å². The van der Waals surface area contributed by atoms with Crippen molar-refractivity contribution >= 4 is 0 Å². The fourth-order valence-electron chi connectivity index (χ4n) is 3.31. The van der Waals surface area contributed by atoms with Gasteiger partial charge in [-0.2, -0.15) is 0 Å². The third kappa shape index (κ3) is 2.27. The summed E-state index contributed by atoms with van der Waals surface area (Å²) in [4.78, 5) is 2.44. The zero-order chi connectivity index (χ0) is 11.8. The molecule has 0 aromatic rings. The Morgan fingerprint density at radius 2 is 2.12 bits per heavy atom. The van der Waals surface area contributed by atoms with E-state index in [0.29, 0.717) is 5.41 Å².